The Hall–Kier alpha value is -3.54. The van der Waals surface area contributed by atoms with E-state index in [1.807, 2.05) is 30.3 Å². The molecule has 0 bridgehead atoms. The van der Waals surface area contributed by atoms with E-state index in [1.54, 1.807) is 11.0 Å². The molecule has 0 aliphatic carbocycles. The zero-order valence-electron chi connectivity index (χ0n) is 16.2. The van der Waals surface area contributed by atoms with E-state index in [9.17, 15) is 9.59 Å². The number of likely N-dealkylation sites (N-methyl/N-ethyl adjacent to an activating group) is 1. The minimum atomic E-state index is -0.182. The van der Waals surface area contributed by atoms with Crippen LogP contribution < -0.4 is 15.5 Å². The van der Waals surface area contributed by atoms with Crippen LogP contribution in [-0.2, 0) is 17.6 Å². The van der Waals surface area contributed by atoms with E-state index in [0.29, 0.717) is 12.2 Å². The molecule has 2 aromatic carbocycles. The van der Waals surface area contributed by atoms with Crippen LogP contribution in [0.15, 0.2) is 42.1 Å². The van der Waals surface area contributed by atoms with E-state index >= 15 is 0 Å². The third-order valence-electron chi connectivity index (χ3n) is 6.01. The Balaban J connectivity index is 1.48. The van der Waals surface area contributed by atoms with Crippen LogP contribution in [0.25, 0.3) is 17.0 Å². The number of aromatic amines is 1. The molecule has 2 aliphatic rings. The lowest BCUT2D eigenvalue weighted by Gasteiger charge is -2.18. The number of fused-ring (bicyclic) bond motifs is 4. The van der Waals surface area contributed by atoms with Gasteiger partial charge < -0.3 is 20.5 Å². The lowest BCUT2D eigenvalue weighted by molar-refractivity contribution is -0.115. The highest BCUT2D eigenvalue weighted by atomic mass is 16.2. The van der Waals surface area contributed by atoms with Crippen molar-refractivity contribution in [3.05, 3.63) is 64.5 Å². The molecule has 6 heteroatoms. The number of benzene rings is 2. The van der Waals surface area contributed by atoms with E-state index in [-0.39, 0.29) is 11.6 Å². The summed E-state index contributed by atoms with van der Waals surface area (Å²) in [5.41, 5.74) is 13.3. The van der Waals surface area contributed by atoms with E-state index in [0.717, 1.165) is 53.4 Å². The summed E-state index contributed by atoms with van der Waals surface area (Å²) in [5, 5.41) is 0.992. The number of aromatic nitrogens is 1. The van der Waals surface area contributed by atoms with Crippen molar-refractivity contribution in [1.29, 1.82) is 0 Å². The molecular weight excluding hydrogens is 364 g/mol. The number of anilines is 2. The first-order valence-corrected chi connectivity index (χ1v) is 9.78. The Labute approximate surface area is 168 Å². The van der Waals surface area contributed by atoms with Gasteiger partial charge in [-0.3, -0.25) is 9.59 Å². The minimum absolute atomic E-state index is 0.182. The van der Waals surface area contributed by atoms with Crippen molar-refractivity contribution in [3.8, 4) is 0 Å². The number of hydrogen-bond acceptors (Lipinski definition) is 4. The second-order valence-electron chi connectivity index (χ2n) is 7.69. The molecule has 5 rings (SSSR count). The molecule has 3 heterocycles. The molecular formula is C23H22N4O2. The summed E-state index contributed by atoms with van der Waals surface area (Å²) >= 11 is 0. The lowest BCUT2D eigenvalue weighted by atomic mass is 10.0. The molecule has 0 saturated carbocycles. The van der Waals surface area contributed by atoms with Crippen LogP contribution in [0.5, 0.6) is 0 Å². The van der Waals surface area contributed by atoms with Crippen LogP contribution in [0.1, 0.15) is 27.2 Å². The third kappa shape index (κ3) is 2.71. The molecule has 0 radical (unpaired) electrons. The molecule has 0 spiro atoms. The van der Waals surface area contributed by atoms with Gasteiger partial charge in [0.05, 0.1) is 11.4 Å². The highest BCUT2D eigenvalue weighted by Gasteiger charge is 2.28. The van der Waals surface area contributed by atoms with E-state index < -0.39 is 0 Å². The first-order chi connectivity index (χ1) is 14.1. The molecule has 146 valence electrons. The van der Waals surface area contributed by atoms with Crippen LogP contribution in [0, 0.1) is 0 Å². The average molecular weight is 386 g/mol. The van der Waals surface area contributed by atoms with Crippen molar-refractivity contribution in [2.24, 2.45) is 5.73 Å². The molecule has 3 N–H and O–H groups in total. The molecule has 29 heavy (non-hydrogen) atoms. The number of nitrogens with one attached hydrogen (secondary N) is 1. The number of carbonyl (C=O) groups is 2. The summed E-state index contributed by atoms with van der Waals surface area (Å²) in [5.74, 6) is -0.182. The van der Waals surface area contributed by atoms with Gasteiger partial charge >= 0.3 is 0 Å². The van der Waals surface area contributed by atoms with Crippen LogP contribution in [0.3, 0.4) is 0 Å². The Kier molecular flexibility index (Phi) is 3.94. The van der Waals surface area contributed by atoms with E-state index in [2.05, 4.69) is 23.0 Å². The lowest BCUT2D eigenvalue weighted by Crippen LogP contribution is -2.33. The van der Waals surface area contributed by atoms with Crippen molar-refractivity contribution >= 4 is 40.5 Å². The Bertz CT molecular complexity index is 1190. The van der Waals surface area contributed by atoms with Crippen molar-refractivity contribution in [2.45, 2.75) is 12.8 Å². The number of hydrogen-bond donors (Lipinski definition) is 2. The normalized spacial score (nSPS) is 15.7. The van der Waals surface area contributed by atoms with Crippen molar-refractivity contribution in [2.75, 3.05) is 29.9 Å². The fourth-order valence-corrected chi connectivity index (χ4v) is 4.55. The zero-order chi connectivity index (χ0) is 20.1. The summed E-state index contributed by atoms with van der Waals surface area (Å²) in [6, 6.07) is 11.8. The Morgan fingerprint density at radius 3 is 2.76 bits per heavy atom. The first-order valence-electron chi connectivity index (χ1n) is 9.78. The highest BCUT2D eigenvalue weighted by Crippen LogP contribution is 2.35. The number of amides is 1. The molecule has 3 aromatic rings. The number of nitrogens with two attached hydrogens (primary N) is 1. The zero-order valence-corrected chi connectivity index (χ0v) is 16.2. The Morgan fingerprint density at radius 1 is 1.10 bits per heavy atom. The van der Waals surface area contributed by atoms with Gasteiger partial charge in [-0.2, -0.15) is 0 Å². The third-order valence-corrected chi connectivity index (χ3v) is 6.01. The van der Waals surface area contributed by atoms with Gasteiger partial charge in [-0.25, -0.2) is 0 Å². The number of H-pyrrole nitrogens is 1. The van der Waals surface area contributed by atoms with Gasteiger partial charge in [0.25, 0.3) is 5.91 Å². The maximum atomic E-state index is 13.1. The second kappa shape index (κ2) is 6.51. The molecule has 2 aliphatic heterocycles. The minimum Gasteiger partial charge on any atom is -0.394 e. The summed E-state index contributed by atoms with van der Waals surface area (Å²) in [6.07, 6.45) is 4.31. The predicted octanol–water partition coefficient (Wildman–Crippen LogP) is 2.86. The van der Waals surface area contributed by atoms with Crippen molar-refractivity contribution in [1.82, 2.24) is 4.98 Å². The fourth-order valence-electron chi connectivity index (χ4n) is 4.55. The van der Waals surface area contributed by atoms with Gasteiger partial charge in [-0.1, -0.05) is 12.1 Å². The quantitative estimate of drug-likeness (QED) is 0.536. The Morgan fingerprint density at radius 2 is 1.93 bits per heavy atom. The van der Waals surface area contributed by atoms with Crippen molar-refractivity contribution in [3.63, 3.8) is 0 Å². The SMILES string of the molecule is CN1CCc2c(/C=C(\N)C(=O)N3CCc4c3ccc3[nH]c(C=O)cc43)cccc21. The van der Waals surface area contributed by atoms with Crippen LogP contribution in [-0.4, -0.2) is 37.3 Å². The number of carbonyl (C=O) groups excluding carboxylic acids is 2. The maximum Gasteiger partial charge on any atom is 0.274 e. The van der Waals surface area contributed by atoms with Gasteiger partial charge in [0, 0.05) is 42.4 Å². The molecule has 1 aromatic heterocycles. The second-order valence-corrected chi connectivity index (χ2v) is 7.69. The monoisotopic (exact) mass is 386 g/mol. The predicted molar refractivity (Wildman–Crippen MR) is 115 cm³/mol. The van der Waals surface area contributed by atoms with Gasteiger partial charge in [0.1, 0.15) is 0 Å². The molecule has 0 atom stereocenters. The number of nitrogens with zero attached hydrogens (tertiary/aromatic N) is 2. The summed E-state index contributed by atoms with van der Waals surface area (Å²) < 4.78 is 0. The maximum absolute atomic E-state index is 13.1. The van der Waals surface area contributed by atoms with Gasteiger partial charge in [0.15, 0.2) is 6.29 Å². The topological polar surface area (TPSA) is 82.4 Å². The summed E-state index contributed by atoms with van der Waals surface area (Å²) in [6.45, 7) is 1.56. The molecule has 0 fully saturated rings. The van der Waals surface area contributed by atoms with Crippen LogP contribution in [0.2, 0.25) is 0 Å². The molecule has 0 unspecified atom stereocenters. The van der Waals surface area contributed by atoms with Crippen molar-refractivity contribution < 1.29 is 9.59 Å². The van der Waals surface area contributed by atoms with Gasteiger partial charge in [-0.15, -0.1) is 0 Å². The van der Waals surface area contributed by atoms with Gasteiger partial charge in [0.2, 0.25) is 0 Å². The van der Waals surface area contributed by atoms with Crippen LogP contribution >= 0.6 is 0 Å². The molecule has 1 amide bonds. The first kappa shape index (κ1) is 17.6. The summed E-state index contributed by atoms with van der Waals surface area (Å²) in [7, 11) is 2.08. The smallest absolute Gasteiger partial charge is 0.274 e. The van der Waals surface area contributed by atoms with Crippen LogP contribution in [0.4, 0.5) is 11.4 Å². The standard InChI is InChI=1S/C23H22N4O2/c1-26-9-7-16-14(3-2-4-21(16)26)11-19(24)23(29)27-10-8-17-18-12-15(13-28)25-20(18)5-6-22(17)27/h2-6,11-13,25H,7-10,24H2,1H3/b19-11-. The highest BCUT2D eigenvalue weighted by molar-refractivity contribution is 6.10. The average Bonchev–Trinajstić information content (AvgIpc) is 3.43. The largest absolute Gasteiger partial charge is 0.394 e. The van der Waals surface area contributed by atoms with E-state index in [1.165, 1.54) is 11.3 Å². The summed E-state index contributed by atoms with van der Waals surface area (Å²) in [4.78, 5) is 31.3. The molecule has 0 saturated heterocycles. The fraction of sp³-hybridized carbons (Fsp3) is 0.217. The number of rotatable bonds is 3. The van der Waals surface area contributed by atoms with Gasteiger partial charge in [-0.05, 0) is 59.9 Å². The molecule has 6 nitrogen and oxygen atoms in total. The number of aldehydes is 1. The van der Waals surface area contributed by atoms with E-state index in [4.69, 9.17) is 5.73 Å².